The summed E-state index contributed by atoms with van der Waals surface area (Å²) in [5.41, 5.74) is 6.22. The van der Waals surface area contributed by atoms with Crippen LogP contribution in [0.5, 0.6) is 5.75 Å². The van der Waals surface area contributed by atoms with E-state index in [1.165, 1.54) is 5.56 Å². The molecule has 32 heavy (non-hydrogen) atoms. The molecule has 0 aliphatic carbocycles. The number of methoxy groups -OCH3 is 1. The molecule has 1 heterocycles. The number of ether oxygens (including phenoxy) is 1. The summed E-state index contributed by atoms with van der Waals surface area (Å²) in [4.78, 5) is 12.5. The molecule has 5 nitrogen and oxygen atoms in total. The summed E-state index contributed by atoms with van der Waals surface area (Å²) in [6, 6.07) is 26.1. The molecular weight excluding hydrogens is 398 g/mol. The summed E-state index contributed by atoms with van der Waals surface area (Å²) in [6.45, 7) is 2.55. The molecule has 0 aliphatic heterocycles. The van der Waals surface area contributed by atoms with Crippen LogP contribution >= 0.6 is 0 Å². The zero-order valence-electron chi connectivity index (χ0n) is 18.4. The molecule has 0 saturated carbocycles. The predicted molar refractivity (Wildman–Crippen MR) is 127 cm³/mol. The van der Waals surface area contributed by atoms with E-state index < -0.39 is 0 Å². The molecule has 4 aromatic rings. The number of amides is 1. The molecule has 162 valence electrons. The predicted octanol–water partition coefficient (Wildman–Crippen LogP) is 5.11. The second-order valence-corrected chi connectivity index (χ2v) is 7.78. The van der Waals surface area contributed by atoms with Crippen LogP contribution in [0.1, 0.15) is 23.1 Å². The smallest absolute Gasteiger partial charge is 0.220 e. The van der Waals surface area contributed by atoms with E-state index in [0.717, 1.165) is 33.8 Å². The number of aryl methyl sites for hydroxylation is 2. The summed E-state index contributed by atoms with van der Waals surface area (Å²) in [5.74, 6) is 0.794. The van der Waals surface area contributed by atoms with E-state index in [9.17, 15) is 4.79 Å². The third kappa shape index (κ3) is 5.24. The molecule has 0 fully saturated rings. The standard InChI is InChI=1S/C27H27N3O2/c1-20-11-13-22(14-12-20)27-23(19-30(29-27)24-8-4-3-5-9-24)15-16-26(31)28-18-21-7-6-10-25(17-21)32-2/h3-14,17,19H,15-16,18H2,1-2H3,(H,28,31). The average molecular weight is 426 g/mol. The van der Waals surface area contributed by atoms with Gasteiger partial charge in [-0.1, -0.05) is 60.2 Å². The summed E-state index contributed by atoms with van der Waals surface area (Å²) in [6.07, 6.45) is 3.03. The number of nitrogens with one attached hydrogen (secondary N) is 1. The highest BCUT2D eigenvalue weighted by atomic mass is 16.5. The van der Waals surface area contributed by atoms with Crippen molar-refractivity contribution >= 4 is 5.91 Å². The molecule has 1 N–H and O–H groups in total. The van der Waals surface area contributed by atoms with Crippen molar-refractivity contribution in [3.8, 4) is 22.7 Å². The van der Waals surface area contributed by atoms with Gasteiger partial charge >= 0.3 is 0 Å². The quantitative estimate of drug-likeness (QED) is 0.427. The highest BCUT2D eigenvalue weighted by Gasteiger charge is 2.14. The number of carbonyl (C=O) groups excluding carboxylic acids is 1. The Bertz CT molecular complexity index is 1180. The molecule has 0 bridgehead atoms. The molecule has 1 aromatic heterocycles. The lowest BCUT2D eigenvalue weighted by Crippen LogP contribution is -2.23. The average Bonchev–Trinajstić information content (AvgIpc) is 3.27. The van der Waals surface area contributed by atoms with Crippen molar-refractivity contribution in [2.75, 3.05) is 7.11 Å². The van der Waals surface area contributed by atoms with Gasteiger partial charge in [-0.2, -0.15) is 5.10 Å². The largest absolute Gasteiger partial charge is 0.497 e. The minimum absolute atomic E-state index is 0.00939. The molecule has 4 rings (SSSR count). The Hall–Kier alpha value is -3.86. The second-order valence-electron chi connectivity index (χ2n) is 7.78. The van der Waals surface area contributed by atoms with Crippen LogP contribution in [0.4, 0.5) is 0 Å². The monoisotopic (exact) mass is 425 g/mol. The van der Waals surface area contributed by atoms with Gasteiger partial charge in [-0.3, -0.25) is 4.79 Å². The highest BCUT2D eigenvalue weighted by Crippen LogP contribution is 2.25. The van der Waals surface area contributed by atoms with E-state index in [-0.39, 0.29) is 5.91 Å². The van der Waals surface area contributed by atoms with Gasteiger partial charge in [0.05, 0.1) is 18.5 Å². The van der Waals surface area contributed by atoms with Crippen molar-refractivity contribution in [3.05, 3.63) is 102 Å². The number of carbonyl (C=O) groups is 1. The van der Waals surface area contributed by atoms with Gasteiger partial charge in [0.25, 0.3) is 0 Å². The number of benzene rings is 3. The van der Waals surface area contributed by atoms with Crippen molar-refractivity contribution in [1.29, 1.82) is 0 Å². The SMILES string of the molecule is COc1cccc(CNC(=O)CCc2cn(-c3ccccc3)nc2-c2ccc(C)cc2)c1. The Balaban J connectivity index is 1.48. The van der Waals surface area contributed by atoms with Crippen LogP contribution in [0.2, 0.25) is 0 Å². The summed E-state index contributed by atoms with van der Waals surface area (Å²) >= 11 is 0. The Morgan fingerprint density at radius 2 is 1.78 bits per heavy atom. The summed E-state index contributed by atoms with van der Waals surface area (Å²) in [5, 5.41) is 7.85. The van der Waals surface area contributed by atoms with E-state index in [1.54, 1.807) is 7.11 Å². The number of hydrogen-bond acceptors (Lipinski definition) is 3. The highest BCUT2D eigenvalue weighted by molar-refractivity contribution is 5.76. The van der Waals surface area contributed by atoms with Gasteiger partial charge in [-0.05, 0) is 48.7 Å². The zero-order chi connectivity index (χ0) is 22.3. The molecule has 5 heteroatoms. The molecule has 0 saturated heterocycles. The number of hydrogen-bond donors (Lipinski definition) is 1. The van der Waals surface area contributed by atoms with Gasteiger partial charge in [-0.15, -0.1) is 0 Å². The first-order chi connectivity index (χ1) is 15.6. The van der Waals surface area contributed by atoms with Gasteiger partial charge in [0.2, 0.25) is 5.91 Å². The van der Waals surface area contributed by atoms with Gasteiger partial charge in [0, 0.05) is 24.7 Å². The van der Waals surface area contributed by atoms with Crippen molar-refractivity contribution in [3.63, 3.8) is 0 Å². The van der Waals surface area contributed by atoms with Crippen molar-refractivity contribution in [2.45, 2.75) is 26.3 Å². The minimum atomic E-state index is 0.00939. The number of aromatic nitrogens is 2. The summed E-state index contributed by atoms with van der Waals surface area (Å²) in [7, 11) is 1.64. The molecule has 0 spiro atoms. The third-order valence-electron chi connectivity index (χ3n) is 5.38. The van der Waals surface area contributed by atoms with E-state index in [0.29, 0.717) is 19.4 Å². The molecular formula is C27H27N3O2. The normalized spacial score (nSPS) is 10.7. The van der Waals surface area contributed by atoms with E-state index >= 15 is 0 Å². The fourth-order valence-corrected chi connectivity index (χ4v) is 3.58. The first-order valence-corrected chi connectivity index (χ1v) is 10.7. The van der Waals surface area contributed by atoms with E-state index in [1.807, 2.05) is 65.5 Å². The molecule has 1 amide bonds. The lowest BCUT2D eigenvalue weighted by Gasteiger charge is -2.07. The van der Waals surface area contributed by atoms with Crippen LogP contribution in [-0.2, 0) is 17.8 Å². The first-order valence-electron chi connectivity index (χ1n) is 10.7. The lowest BCUT2D eigenvalue weighted by molar-refractivity contribution is -0.121. The first kappa shape index (κ1) is 21.4. The van der Waals surface area contributed by atoms with Crippen LogP contribution in [0.3, 0.4) is 0 Å². The summed E-state index contributed by atoms with van der Waals surface area (Å²) < 4.78 is 7.13. The fraction of sp³-hybridized carbons (Fsp3) is 0.185. The number of para-hydroxylation sites is 1. The van der Waals surface area contributed by atoms with Crippen molar-refractivity contribution in [2.24, 2.45) is 0 Å². The molecule has 0 unspecified atom stereocenters. The van der Waals surface area contributed by atoms with Crippen molar-refractivity contribution in [1.82, 2.24) is 15.1 Å². The molecule has 0 aliphatic rings. The minimum Gasteiger partial charge on any atom is -0.497 e. The lowest BCUT2D eigenvalue weighted by atomic mass is 10.0. The molecule has 0 atom stereocenters. The van der Waals surface area contributed by atoms with Crippen molar-refractivity contribution < 1.29 is 9.53 Å². The maximum absolute atomic E-state index is 12.5. The molecule has 0 radical (unpaired) electrons. The maximum atomic E-state index is 12.5. The Morgan fingerprint density at radius 3 is 2.53 bits per heavy atom. The van der Waals surface area contributed by atoms with Gasteiger partial charge in [0.1, 0.15) is 5.75 Å². The van der Waals surface area contributed by atoms with Gasteiger partial charge < -0.3 is 10.1 Å². The van der Waals surface area contributed by atoms with Crippen LogP contribution in [0, 0.1) is 6.92 Å². The van der Waals surface area contributed by atoms with Gasteiger partial charge in [-0.25, -0.2) is 4.68 Å². The van der Waals surface area contributed by atoms with E-state index in [2.05, 4.69) is 36.5 Å². The zero-order valence-corrected chi connectivity index (χ0v) is 18.4. The number of rotatable bonds is 8. The third-order valence-corrected chi connectivity index (χ3v) is 5.38. The van der Waals surface area contributed by atoms with Crippen LogP contribution in [0.15, 0.2) is 85.1 Å². The Labute approximate surface area is 188 Å². The van der Waals surface area contributed by atoms with E-state index in [4.69, 9.17) is 9.84 Å². The molecule has 3 aromatic carbocycles. The van der Waals surface area contributed by atoms with Crippen LogP contribution in [0.25, 0.3) is 16.9 Å². The Morgan fingerprint density at radius 1 is 1.00 bits per heavy atom. The van der Waals surface area contributed by atoms with Gasteiger partial charge in [0.15, 0.2) is 0 Å². The number of nitrogens with zero attached hydrogens (tertiary/aromatic N) is 2. The fourth-order valence-electron chi connectivity index (χ4n) is 3.58. The topological polar surface area (TPSA) is 56.1 Å². The second kappa shape index (κ2) is 9.96. The van der Waals surface area contributed by atoms with Crippen LogP contribution in [-0.4, -0.2) is 22.8 Å². The maximum Gasteiger partial charge on any atom is 0.220 e. The van der Waals surface area contributed by atoms with Crippen LogP contribution < -0.4 is 10.1 Å². The Kier molecular flexibility index (Phi) is 6.66.